The van der Waals surface area contributed by atoms with Crippen molar-refractivity contribution in [3.05, 3.63) is 0 Å². The van der Waals surface area contributed by atoms with E-state index in [0.29, 0.717) is 0 Å². The molecule has 0 atom stereocenters. The van der Waals surface area contributed by atoms with Crippen molar-refractivity contribution in [1.82, 2.24) is 10.6 Å². The van der Waals surface area contributed by atoms with Gasteiger partial charge in [0, 0.05) is 26.2 Å². The van der Waals surface area contributed by atoms with Crippen LogP contribution in [0.5, 0.6) is 0 Å². The Kier molecular flexibility index (Phi) is 4.14. The lowest BCUT2D eigenvalue weighted by atomic mass is 10.4. The van der Waals surface area contributed by atoms with Crippen molar-refractivity contribution in [1.29, 1.82) is 0 Å². The third kappa shape index (κ3) is 2.65. The summed E-state index contributed by atoms with van der Waals surface area (Å²) in [6.07, 6.45) is 0. The molecule has 0 aromatic heterocycles. The number of piperazine rings is 1. The molecule has 0 aromatic carbocycles. The van der Waals surface area contributed by atoms with Gasteiger partial charge in [0.1, 0.15) is 0 Å². The van der Waals surface area contributed by atoms with Crippen molar-refractivity contribution < 1.29 is 0 Å². The fourth-order valence-corrected chi connectivity index (χ4v) is 0.604. The second-order valence-electron chi connectivity index (χ2n) is 1.50. The fraction of sp³-hybridized carbons (Fsp3) is 1.00. The van der Waals surface area contributed by atoms with Gasteiger partial charge in [-0.3, -0.25) is 0 Å². The number of rotatable bonds is 0. The van der Waals surface area contributed by atoms with Gasteiger partial charge in [-0.05, 0) is 0 Å². The molecule has 0 bridgehead atoms. The smallest absolute Gasteiger partial charge is 0.0814 e. The van der Waals surface area contributed by atoms with Gasteiger partial charge in [-0.15, -0.1) is 0 Å². The highest BCUT2D eigenvalue weighted by Crippen LogP contribution is 1.65. The molecule has 2 nitrogen and oxygen atoms in total. The zero-order valence-electron chi connectivity index (χ0n) is 3.83. The molecule has 0 saturated carbocycles. The minimum Gasteiger partial charge on any atom is -0.314 e. The van der Waals surface area contributed by atoms with Crippen LogP contribution in [0, 0.1) is 0 Å². The predicted octanol–water partition coefficient (Wildman–Crippen LogP) is -2.00. The summed E-state index contributed by atoms with van der Waals surface area (Å²) < 4.78 is 0. The van der Waals surface area contributed by atoms with E-state index in [9.17, 15) is 0 Å². The average Bonchev–Trinajstić information content (AvgIpc) is 1.72. The molecule has 1 rings (SSSR count). The van der Waals surface area contributed by atoms with Crippen molar-refractivity contribution in [3.8, 4) is 0 Å². The molecule has 1 aliphatic heterocycles. The molecule has 0 amide bonds. The minimum atomic E-state index is 0. The van der Waals surface area contributed by atoms with Crippen molar-refractivity contribution in [2.45, 2.75) is 0 Å². The largest absolute Gasteiger partial charge is 0.314 e. The highest BCUT2D eigenvalue weighted by Gasteiger charge is 1.91. The summed E-state index contributed by atoms with van der Waals surface area (Å²) in [5.74, 6) is 0. The maximum absolute atomic E-state index is 3.22. The summed E-state index contributed by atoms with van der Waals surface area (Å²) >= 11 is 0. The van der Waals surface area contributed by atoms with Crippen molar-refractivity contribution >= 4 is 8.41 Å². The topological polar surface area (TPSA) is 24.1 Å². The van der Waals surface area contributed by atoms with Crippen LogP contribution in [0.3, 0.4) is 0 Å². The molecule has 42 valence electrons. The zero-order chi connectivity index (χ0) is 4.24. The third-order valence-corrected chi connectivity index (χ3v) is 0.957. The van der Waals surface area contributed by atoms with Crippen LogP contribution in [-0.2, 0) is 0 Å². The van der Waals surface area contributed by atoms with Gasteiger partial charge in [0.05, 0.1) is 8.41 Å². The molecule has 1 heterocycles. The lowest BCUT2D eigenvalue weighted by molar-refractivity contribution is 0.534. The Morgan fingerprint density at radius 3 is 1.14 bits per heavy atom. The van der Waals surface area contributed by atoms with Crippen LogP contribution in [0.25, 0.3) is 0 Å². The van der Waals surface area contributed by atoms with E-state index in [2.05, 4.69) is 10.6 Å². The molecule has 1 saturated heterocycles. The molecule has 1 fully saturated rings. The molecule has 0 spiro atoms. The van der Waals surface area contributed by atoms with Gasteiger partial charge in [0.15, 0.2) is 0 Å². The number of hydrogen-bond donors (Lipinski definition) is 2. The molecule has 0 aromatic rings. The van der Waals surface area contributed by atoms with Gasteiger partial charge >= 0.3 is 0 Å². The Hall–Kier alpha value is -0.0151. The van der Waals surface area contributed by atoms with E-state index in [1.807, 2.05) is 0 Å². The second-order valence-corrected chi connectivity index (χ2v) is 1.50. The molecular formula is C4H13BN2. The summed E-state index contributed by atoms with van der Waals surface area (Å²) in [5, 5.41) is 6.44. The van der Waals surface area contributed by atoms with Gasteiger partial charge in [0.2, 0.25) is 0 Å². The fourth-order valence-electron chi connectivity index (χ4n) is 0.604. The first-order valence-electron chi connectivity index (χ1n) is 2.41. The maximum atomic E-state index is 3.22. The normalized spacial score (nSPS) is 20.6. The molecule has 3 heteroatoms. The monoisotopic (exact) mass is 100 g/mol. The quantitative estimate of drug-likeness (QED) is 0.344. The van der Waals surface area contributed by atoms with Crippen LogP contribution in [0.2, 0.25) is 0 Å². The molecule has 2 N–H and O–H groups in total. The predicted molar refractivity (Wildman–Crippen MR) is 35.7 cm³/mol. The standard InChI is InChI=1S/C4H10N2.BH3/c1-2-6-4-3-5-1;/h5-6H,1-4H2;1H3. The van der Waals surface area contributed by atoms with Crippen molar-refractivity contribution in [2.75, 3.05) is 26.2 Å². The molecule has 1 aliphatic rings. The van der Waals surface area contributed by atoms with E-state index >= 15 is 0 Å². The van der Waals surface area contributed by atoms with E-state index in [-0.39, 0.29) is 8.41 Å². The van der Waals surface area contributed by atoms with Gasteiger partial charge < -0.3 is 10.6 Å². The first-order chi connectivity index (χ1) is 3.00. The average molecular weight is 100.0 g/mol. The van der Waals surface area contributed by atoms with Gasteiger partial charge in [-0.2, -0.15) is 0 Å². The Labute approximate surface area is 46.3 Å². The van der Waals surface area contributed by atoms with Crippen LogP contribution >= 0.6 is 0 Å². The lowest BCUT2D eigenvalue weighted by Crippen LogP contribution is -2.39. The molecule has 0 radical (unpaired) electrons. The number of nitrogens with one attached hydrogen (secondary N) is 2. The first-order valence-corrected chi connectivity index (χ1v) is 2.41. The highest BCUT2D eigenvalue weighted by molar-refractivity contribution is 5.75. The molecule has 0 aliphatic carbocycles. The van der Waals surface area contributed by atoms with Crippen LogP contribution in [-0.4, -0.2) is 34.6 Å². The van der Waals surface area contributed by atoms with Gasteiger partial charge in [0.25, 0.3) is 0 Å². The van der Waals surface area contributed by atoms with E-state index in [0.717, 1.165) is 26.2 Å². The molecule has 7 heavy (non-hydrogen) atoms. The first kappa shape index (κ1) is 6.98. The van der Waals surface area contributed by atoms with E-state index in [4.69, 9.17) is 0 Å². The Bertz CT molecular complexity index is 25.2. The summed E-state index contributed by atoms with van der Waals surface area (Å²) in [4.78, 5) is 0. The van der Waals surface area contributed by atoms with Crippen LogP contribution in [0.4, 0.5) is 0 Å². The van der Waals surface area contributed by atoms with Gasteiger partial charge in [-0.1, -0.05) is 0 Å². The SMILES string of the molecule is B.C1CNCCN1. The summed E-state index contributed by atoms with van der Waals surface area (Å²) in [6, 6.07) is 0. The van der Waals surface area contributed by atoms with Crippen LogP contribution in [0.1, 0.15) is 0 Å². The Morgan fingerprint density at radius 2 is 1.00 bits per heavy atom. The Morgan fingerprint density at radius 1 is 0.714 bits per heavy atom. The van der Waals surface area contributed by atoms with E-state index in [1.165, 1.54) is 0 Å². The summed E-state index contributed by atoms with van der Waals surface area (Å²) in [7, 11) is 0. The number of hydrogen-bond acceptors (Lipinski definition) is 2. The van der Waals surface area contributed by atoms with E-state index in [1.54, 1.807) is 0 Å². The second kappa shape index (κ2) is 4.15. The summed E-state index contributed by atoms with van der Waals surface area (Å²) in [5.41, 5.74) is 0. The summed E-state index contributed by atoms with van der Waals surface area (Å²) in [6.45, 7) is 4.56. The Balaban J connectivity index is 0.000000360. The molecule has 0 unspecified atom stereocenters. The molecular weight excluding hydrogens is 86.9 g/mol. The van der Waals surface area contributed by atoms with Gasteiger partial charge in [-0.25, -0.2) is 0 Å². The highest BCUT2D eigenvalue weighted by atomic mass is 15.0. The maximum Gasteiger partial charge on any atom is 0.0814 e. The van der Waals surface area contributed by atoms with Crippen molar-refractivity contribution in [3.63, 3.8) is 0 Å². The third-order valence-electron chi connectivity index (χ3n) is 0.957. The van der Waals surface area contributed by atoms with Crippen molar-refractivity contribution in [2.24, 2.45) is 0 Å². The zero-order valence-corrected chi connectivity index (χ0v) is 3.83. The minimum absolute atomic E-state index is 0. The van der Waals surface area contributed by atoms with Crippen LogP contribution in [0.15, 0.2) is 0 Å². The van der Waals surface area contributed by atoms with E-state index < -0.39 is 0 Å². The van der Waals surface area contributed by atoms with Crippen LogP contribution < -0.4 is 10.6 Å². The lowest BCUT2D eigenvalue weighted by Gasteiger charge is -2.11.